The number of benzene rings is 2. The second-order valence-electron chi connectivity index (χ2n) is 6.63. The van der Waals surface area contributed by atoms with Crippen molar-refractivity contribution in [1.82, 2.24) is 10.3 Å². The van der Waals surface area contributed by atoms with Crippen LogP contribution in [0.4, 0.5) is 5.69 Å². The Morgan fingerprint density at radius 2 is 1.75 bits per heavy atom. The van der Waals surface area contributed by atoms with E-state index in [4.69, 9.17) is 0 Å². The molecule has 3 rings (SSSR count). The van der Waals surface area contributed by atoms with E-state index in [2.05, 4.69) is 15.0 Å². The van der Waals surface area contributed by atoms with Crippen molar-refractivity contribution in [3.63, 3.8) is 0 Å². The second-order valence-corrected chi connectivity index (χ2v) is 8.31. The monoisotopic (exact) mass is 397 g/mol. The van der Waals surface area contributed by atoms with Gasteiger partial charge in [0.25, 0.3) is 15.9 Å². The number of sulfonamides is 1. The van der Waals surface area contributed by atoms with Crippen LogP contribution in [0.2, 0.25) is 0 Å². The van der Waals surface area contributed by atoms with Gasteiger partial charge in [-0.05, 0) is 73.5 Å². The first-order valence-electron chi connectivity index (χ1n) is 8.96. The highest BCUT2D eigenvalue weighted by Crippen LogP contribution is 2.19. The molecule has 0 unspecified atom stereocenters. The average Bonchev–Trinajstić information content (AvgIpc) is 3.17. The van der Waals surface area contributed by atoms with Crippen molar-refractivity contribution in [2.45, 2.75) is 25.2 Å². The molecule has 3 N–H and O–H groups in total. The maximum absolute atomic E-state index is 12.5. The zero-order chi connectivity index (χ0) is 20.1. The predicted octanol–water partition coefficient (Wildman–Crippen LogP) is 3.40. The van der Waals surface area contributed by atoms with Crippen LogP contribution in [0.15, 0.2) is 65.7 Å². The van der Waals surface area contributed by atoms with Crippen LogP contribution in [-0.2, 0) is 16.4 Å². The summed E-state index contributed by atoms with van der Waals surface area (Å²) < 4.78 is 27.6. The van der Waals surface area contributed by atoms with E-state index in [1.165, 1.54) is 0 Å². The minimum Gasteiger partial charge on any atom is -0.365 e. The van der Waals surface area contributed by atoms with Crippen LogP contribution >= 0.6 is 0 Å². The molecule has 146 valence electrons. The maximum atomic E-state index is 12.5. The van der Waals surface area contributed by atoms with Gasteiger partial charge in [-0.1, -0.05) is 6.07 Å². The Morgan fingerprint density at radius 3 is 2.39 bits per heavy atom. The third-order valence-corrected chi connectivity index (χ3v) is 5.91. The second kappa shape index (κ2) is 8.31. The lowest BCUT2D eigenvalue weighted by atomic mass is 10.1. The number of rotatable bonds is 7. The van der Waals surface area contributed by atoms with Gasteiger partial charge in [-0.3, -0.25) is 9.52 Å². The molecule has 3 aromatic rings. The summed E-state index contributed by atoms with van der Waals surface area (Å²) in [5, 5.41) is 2.84. The molecule has 28 heavy (non-hydrogen) atoms. The highest BCUT2D eigenvalue weighted by atomic mass is 32.2. The molecule has 1 heterocycles. The lowest BCUT2D eigenvalue weighted by Crippen LogP contribution is -2.25. The summed E-state index contributed by atoms with van der Waals surface area (Å²) in [4.78, 5) is 15.5. The molecule has 0 aliphatic heterocycles. The molecule has 0 bridgehead atoms. The van der Waals surface area contributed by atoms with Gasteiger partial charge in [-0.25, -0.2) is 8.42 Å². The Labute approximate surface area is 165 Å². The smallest absolute Gasteiger partial charge is 0.261 e. The van der Waals surface area contributed by atoms with Crippen molar-refractivity contribution in [1.29, 1.82) is 0 Å². The lowest BCUT2D eigenvalue weighted by molar-refractivity contribution is 0.0954. The number of aromatic nitrogens is 1. The van der Waals surface area contributed by atoms with Crippen molar-refractivity contribution < 1.29 is 13.2 Å². The number of aryl methyl sites for hydroxylation is 2. The molecule has 2 aromatic carbocycles. The largest absolute Gasteiger partial charge is 0.365 e. The number of carbonyl (C=O) groups is 1. The molecule has 7 heteroatoms. The number of amides is 1. The standard InChI is InChI=1S/C21H23N3O3S/c1-15-5-10-20(14-16(15)2)28(26,27)24-19-8-6-17(7-9-19)21(25)23-13-11-18-4-3-12-22-18/h3-10,12,14,22,24H,11,13H2,1-2H3,(H,23,25). The van der Waals surface area contributed by atoms with Gasteiger partial charge < -0.3 is 10.3 Å². The van der Waals surface area contributed by atoms with E-state index in [-0.39, 0.29) is 10.8 Å². The topological polar surface area (TPSA) is 91.1 Å². The Bertz CT molecular complexity index is 1060. The minimum atomic E-state index is -3.68. The van der Waals surface area contributed by atoms with E-state index < -0.39 is 10.0 Å². The summed E-state index contributed by atoms with van der Waals surface area (Å²) >= 11 is 0. The first-order valence-corrected chi connectivity index (χ1v) is 10.4. The number of nitrogens with one attached hydrogen (secondary N) is 3. The summed E-state index contributed by atoms with van der Waals surface area (Å²) in [6.45, 7) is 4.32. The molecule has 6 nitrogen and oxygen atoms in total. The molecule has 0 saturated carbocycles. The van der Waals surface area contributed by atoms with Crippen molar-refractivity contribution in [3.8, 4) is 0 Å². The third-order valence-electron chi connectivity index (χ3n) is 4.53. The minimum absolute atomic E-state index is 0.199. The van der Waals surface area contributed by atoms with Gasteiger partial charge >= 0.3 is 0 Å². The summed E-state index contributed by atoms with van der Waals surface area (Å²) in [6.07, 6.45) is 2.56. The van der Waals surface area contributed by atoms with E-state index in [0.717, 1.165) is 16.8 Å². The Kier molecular flexibility index (Phi) is 5.84. The SMILES string of the molecule is Cc1ccc(S(=O)(=O)Nc2ccc(C(=O)NCCc3ccc[nH]3)cc2)cc1C. The third kappa shape index (κ3) is 4.80. The first-order chi connectivity index (χ1) is 13.3. The quantitative estimate of drug-likeness (QED) is 0.571. The fourth-order valence-corrected chi connectivity index (χ4v) is 3.86. The predicted molar refractivity (Wildman–Crippen MR) is 110 cm³/mol. The van der Waals surface area contributed by atoms with E-state index >= 15 is 0 Å². The van der Waals surface area contributed by atoms with Gasteiger partial charge in [0, 0.05) is 36.1 Å². The fraction of sp³-hybridized carbons (Fsp3) is 0.190. The Hall–Kier alpha value is -3.06. The molecule has 0 fully saturated rings. The molecule has 0 radical (unpaired) electrons. The van der Waals surface area contributed by atoms with Crippen LogP contribution in [0, 0.1) is 13.8 Å². The molecule has 0 spiro atoms. The van der Waals surface area contributed by atoms with Gasteiger partial charge in [0.1, 0.15) is 0 Å². The zero-order valence-corrected chi connectivity index (χ0v) is 16.6. The maximum Gasteiger partial charge on any atom is 0.261 e. The number of anilines is 1. The molecular weight excluding hydrogens is 374 g/mol. The van der Waals surface area contributed by atoms with Crippen molar-refractivity contribution >= 4 is 21.6 Å². The van der Waals surface area contributed by atoms with Crippen molar-refractivity contribution in [2.24, 2.45) is 0 Å². The Balaban J connectivity index is 1.61. The van der Waals surface area contributed by atoms with Gasteiger partial charge in [-0.2, -0.15) is 0 Å². The van der Waals surface area contributed by atoms with Gasteiger partial charge in [0.05, 0.1) is 4.90 Å². The van der Waals surface area contributed by atoms with Crippen LogP contribution < -0.4 is 10.0 Å². The molecule has 0 aliphatic carbocycles. The number of hydrogen-bond donors (Lipinski definition) is 3. The molecule has 0 atom stereocenters. The number of hydrogen-bond acceptors (Lipinski definition) is 3. The Morgan fingerprint density at radius 1 is 1.00 bits per heavy atom. The van der Waals surface area contributed by atoms with Gasteiger partial charge in [0.2, 0.25) is 0 Å². The summed E-state index contributed by atoms with van der Waals surface area (Å²) in [7, 11) is -3.68. The van der Waals surface area contributed by atoms with Crippen LogP contribution in [-0.4, -0.2) is 25.9 Å². The summed E-state index contributed by atoms with van der Waals surface area (Å²) in [5.74, 6) is -0.199. The van der Waals surface area contributed by atoms with Crippen LogP contribution in [0.1, 0.15) is 27.2 Å². The fourth-order valence-electron chi connectivity index (χ4n) is 2.72. The van der Waals surface area contributed by atoms with E-state index in [0.29, 0.717) is 24.2 Å². The van der Waals surface area contributed by atoms with E-state index in [9.17, 15) is 13.2 Å². The van der Waals surface area contributed by atoms with Crippen molar-refractivity contribution in [2.75, 3.05) is 11.3 Å². The number of carbonyl (C=O) groups excluding carboxylic acids is 1. The first kappa shape index (κ1) is 19.7. The summed E-state index contributed by atoms with van der Waals surface area (Å²) in [5.41, 5.74) is 3.87. The van der Waals surface area contributed by atoms with Crippen LogP contribution in [0.5, 0.6) is 0 Å². The van der Waals surface area contributed by atoms with Gasteiger partial charge in [-0.15, -0.1) is 0 Å². The lowest BCUT2D eigenvalue weighted by Gasteiger charge is -2.10. The van der Waals surface area contributed by atoms with Crippen LogP contribution in [0.3, 0.4) is 0 Å². The average molecular weight is 398 g/mol. The zero-order valence-electron chi connectivity index (χ0n) is 15.8. The molecule has 1 amide bonds. The number of H-pyrrole nitrogens is 1. The van der Waals surface area contributed by atoms with Crippen LogP contribution in [0.25, 0.3) is 0 Å². The van der Waals surface area contributed by atoms with E-state index in [1.807, 2.05) is 32.2 Å². The molecular formula is C21H23N3O3S. The molecule has 1 aromatic heterocycles. The summed E-state index contributed by atoms with van der Waals surface area (Å²) in [6, 6.07) is 15.2. The van der Waals surface area contributed by atoms with Crippen molar-refractivity contribution in [3.05, 3.63) is 83.2 Å². The number of aromatic amines is 1. The normalized spacial score (nSPS) is 11.2. The molecule has 0 saturated heterocycles. The van der Waals surface area contributed by atoms with Gasteiger partial charge in [0.15, 0.2) is 0 Å². The van der Waals surface area contributed by atoms with E-state index in [1.54, 1.807) is 42.5 Å². The highest BCUT2D eigenvalue weighted by Gasteiger charge is 2.15. The molecule has 0 aliphatic rings. The highest BCUT2D eigenvalue weighted by molar-refractivity contribution is 7.92.